The van der Waals surface area contributed by atoms with E-state index in [-0.39, 0.29) is 17.9 Å². The van der Waals surface area contributed by atoms with Gasteiger partial charge in [-0.15, -0.1) is 0 Å². The molecule has 0 fully saturated rings. The molecule has 130 valence electrons. The molecule has 25 heavy (non-hydrogen) atoms. The lowest BCUT2D eigenvalue weighted by Crippen LogP contribution is -2.24. The van der Waals surface area contributed by atoms with Crippen LogP contribution >= 0.6 is 0 Å². The van der Waals surface area contributed by atoms with E-state index in [2.05, 4.69) is 50.0 Å². The predicted molar refractivity (Wildman–Crippen MR) is 98.1 cm³/mol. The van der Waals surface area contributed by atoms with E-state index >= 15 is 0 Å². The van der Waals surface area contributed by atoms with Crippen LogP contribution in [0.4, 0.5) is 4.79 Å². The smallest absolute Gasteiger partial charge is 0.244 e. The molecule has 0 bridgehead atoms. The van der Waals surface area contributed by atoms with Gasteiger partial charge in [0.15, 0.2) is 0 Å². The lowest BCUT2D eigenvalue weighted by Gasteiger charge is -2.12. The standard InChI is InChI=1S/C20H24N4O/c1-14(2)18-17(13-16-9-6-5-7-10-16)19(15(3)4)24(22-18)20(25)23-12-8-11-21-23/h5-12,14-15H,13H2,1-4H3. The van der Waals surface area contributed by atoms with Gasteiger partial charge in [0.05, 0.1) is 11.4 Å². The maximum absolute atomic E-state index is 12.9. The lowest BCUT2D eigenvalue weighted by atomic mass is 9.94. The molecule has 1 aromatic carbocycles. The zero-order chi connectivity index (χ0) is 18.0. The summed E-state index contributed by atoms with van der Waals surface area (Å²) in [6.07, 6.45) is 4.03. The third kappa shape index (κ3) is 3.40. The summed E-state index contributed by atoms with van der Waals surface area (Å²) in [4.78, 5) is 12.9. The molecular weight excluding hydrogens is 312 g/mol. The molecule has 0 radical (unpaired) electrons. The number of hydrogen-bond acceptors (Lipinski definition) is 3. The minimum atomic E-state index is -0.241. The quantitative estimate of drug-likeness (QED) is 0.708. The van der Waals surface area contributed by atoms with Crippen molar-refractivity contribution in [2.24, 2.45) is 0 Å². The first-order valence-electron chi connectivity index (χ1n) is 8.69. The average molecular weight is 336 g/mol. The van der Waals surface area contributed by atoms with Crippen LogP contribution in [-0.4, -0.2) is 25.6 Å². The van der Waals surface area contributed by atoms with Crippen LogP contribution in [0, 0.1) is 0 Å². The second kappa shape index (κ2) is 7.05. The molecule has 0 N–H and O–H groups in total. The highest BCUT2D eigenvalue weighted by Crippen LogP contribution is 2.29. The van der Waals surface area contributed by atoms with Crippen molar-refractivity contribution in [3.05, 3.63) is 71.3 Å². The topological polar surface area (TPSA) is 52.7 Å². The molecule has 0 saturated heterocycles. The maximum atomic E-state index is 12.9. The van der Waals surface area contributed by atoms with E-state index < -0.39 is 0 Å². The van der Waals surface area contributed by atoms with Gasteiger partial charge in [0.1, 0.15) is 0 Å². The summed E-state index contributed by atoms with van der Waals surface area (Å²) in [6, 6.07) is 11.8. The summed E-state index contributed by atoms with van der Waals surface area (Å²) in [5, 5.41) is 8.76. The van der Waals surface area contributed by atoms with Crippen LogP contribution in [0.25, 0.3) is 0 Å². The summed E-state index contributed by atoms with van der Waals surface area (Å²) >= 11 is 0. The molecule has 0 saturated carbocycles. The highest BCUT2D eigenvalue weighted by atomic mass is 16.2. The maximum Gasteiger partial charge on any atom is 0.369 e. The first-order chi connectivity index (χ1) is 12.0. The van der Waals surface area contributed by atoms with Gasteiger partial charge < -0.3 is 0 Å². The highest BCUT2D eigenvalue weighted by Gasteiger charge is 2.26. The number of benzene rings is 1. The lowest BCUT2D eigenvalue weighted by molar-refractivity contribution is 0.237. The van der Waals surface area contributed by atoms with Crippen molar-refractivity contribution < 1.29 is 4.79 Å². The largest absolute Gasteiger partial charge is 0.369 e. The number of rotatable bonds is 4. The van der Waals surface area contributed by atoms with Gasteiger partial charge >= 0.3 is 6.03 Å². The monoisotopic (exact) mass is 336 g/mol. The number of carbonyl (C=O) groups excluding carboxylic acids is 1. The summed E-state index contributed by atoms with van der Waals surface area (Å²) in [7, 11) is 0. The van der Waals surface area contributed by atoms with Crippen molar-refractivity contribution in [2.75, 3.05) is 0 Å². The van der Waals surface area contributed by atoms with Crippen molar-refractivity contribution in [3.63, 3.8) is 0 Å². The van der Waals surface area contributed by atoms with Gasteiger partial charge in [0.2, 0.25) is 0 Å². The fraction of sp³-hybridized carbons (Fsp3) is 0.350. The first kappa shape index (κ1) is 17.1. The fourth-order valence-corrected chi connectivity index (χ4v) is 3.14. The Labute approximate surface area is 148 Å². The van der Waals surface area contributed by atoms with Crippen LogP contribution in [0.15, 0.2) is 48.8 Å². The molecule has 0 aliphatic heterocycles. The van der Waals surface area contributed by atoms with Crippen molar-refractivity contribution in [1.82, 2.24) is 19.6 Å². The van der Waals surface area contributed by atoms with Gasteiger partial charge in [-0.1, -0.05) is 58.0 Å². The van der Waals surface area contributed by atoms with Gasteiger partial charge in [-0.2, -0.15) is 19.6 Å². The van der Waals surface area contributed by atoms with Crippen LogP contribution in [0.1, 0.15) is 62.0 Å². The molecule has 3 rings (SSSR count). The van der Waals surface area contributed by atoms with Gasteiger partial charge in [-0.05, 0) is 23.5 Å². The Morgan fingerprint density at radius 1 is 1.04 bits per heavy atom. The van der Waals surface area contributed by atoms with Crippen LogP contribution in [0.3, 0.4) is 0 Å². The summed E-state index contributed by atoms with van der Waals surface area (Å²) < 4.78 is 2.86. The molecule has 0 aliphatic carbocycles. The molecule has 0 aliphatic rings. The molecule has 5 heteroatoms. The molecule has 0 spiro atoms. The van der Waals surface area contributed by atoms with E-state index in [0.717, 1.165) is 23.4 Å². The van der Waals surface area contributed by atoms with E-state index in [4.69, 9.17) is 0 Å². The molecule has 3 aromatic rings. The van der Waals surface area contributed by atoms with E-state index in [0.29, 0.717) is 0 Å². The predicted octanol–water partition coefficient (Wildman–Crippen LogP) is 4.43. The summed E-state index contributed by atoms with van der Waals surface area (Å²) in [5.74, 6) is 0.418. The Hall–Kier alpha value is -2.69. The zero-order valence-electron chi connectivity index (χ0n) is 15.2. The van der Waals surface area contributed by atoms with Gasteiger partial charge in [-0.25, -0.2) is 4.79 Å². The summed E-state index contributed by atoms with van der Waals surface area (Å²) in [6.45, 7) is 8.43. The van der Waals surface area contributed by atoms with Gasteiger partial charge in [0.25, 0.3) is 0 Å². The number of hydrogen-bond donors (Lipinski definition) is 0. The van der Waals surface area contributed by atoms with E-state index in [1.54, 1.807) is 18.5 Å². The first-order valence-corrected chi connectivity index (χ1v) is 8.69. The number of aromatic nitrogens is 4. The fourth-order valence-electron chi connectivity index (χ4n) is 3.14. The Balaban J connectivity index is 2.13. The third-order valence-electron chi connectivity index (χ3n) is 4.25. The Kier molecular flexibility index (Phi) is 4.83. The number of nitrogens with zero attached hydrogens (tertiary/aromatic N) is 4. The van der Waals surface area contributed by atoms with Crippen molar-refractivity contribution in [1.29, 1.82) is 0 Å². The average Bonchev–Trinajstić information content (AvgIpc) is 3.23. The van der Waals surface area contributed by atoms with Crippen LogP contribution < -0.4 is 0 Å². The van der Waals surface area contributed by atoms with E-state index in [1.165, 1.54) is 14.9 Å². The second-order valence-corrected chi connectivity index (χ2v) is 6.87. The van der Waals surface area contributed by atoms with E-state index in [9.17, 15) is 4.79 Å². The van der Waals surface area contributed by atoms with Crippen LogP contribution in [-0.2, 0) is 6.42 Å². The molecule has 0 atom stereocenters. The molecule has 0 amide bonds. The molecular formula is C20H24N4O. The van der Waals surface area contributed by atoms with Crippen molar-refractivity contribution in [2.45, 2.75) is 46.0 Å². The van der Waals surface area contributed by atoms with Crippen molar-refractivity contribution >= 4 is 6.03 Å². The van der Waals surface area contributed by atoms with Gasteiger partial charge in [-0.3, -0.25) is 0 Å². The summed E-state index contributed by atoms with van der Waals surface area (Å²) in [5.41, 5.74) is 4.32. The van der Waals surface area contributed by atoms with Crippen molar-refractivity contribution in [3.8, 4) is 0 Å². The normalized spacial score (nSPS) is 11.4. The third-order valence-corrected chi connectivity index (χ3v) is 4.25. The minimum absolute atomic E-state index is 0.179. The Morgan fingerprint density at radius 3 is 2.32 bits per heavy atom. The molecule has 2 heterocycles. The Morgan fingerprint density at radius 2 is 1.76 bits per heavy atom. The SMILES string of the molecule is CC(C)c1nn(C(=O)n2cccn2)c(C(C)C)c1Cc1ccccc1. The second-order valence-electron chi connectivity index (χ2n) is 6.87. The highest BCUT2D eigenvalue weighted by molar-refractivity contribution is 5.78. The molecule has 2 aromatic heterocycles. The zero-order valence-corrected chi connectivity index (χ0v) is 15.2. The molecule has 0 unspecified atom stereocenters. The number of carbonyl (C=O) groups is 1. The van der Waals surface area contributed by atoms with Crippen LogP contribution in [0.5, 0.6) is 0 Å². The molecule has 5 nitrogen and oxygen atoms in total. The minimum Gasteiger partial charge on any atom is -0.244 e. The van der Waals surface area contributed by atoms with E-state index in [1.807, 2.05) is 18.2 Å². The van der Waals surface area contributed by atoms with Gasteiger partial charge in [0, 0.05) is 24.4 Å². The Bertz CT molecular complexity index is 845. The van der Waals surface area contributed by atoms with Crippen LogP contribution in [0.2, 0.25) is 0 Å².